The number of carbonyl (C=O) groups excluding carboxylic acids is 3. The SMILES string of the molecule is C=C1Cn2c(nc3c(ncn3C(C)C)c2=O)N1.CC(C)n1cc(F)c2c1N=CCC2=O.CC(C)n1ccc2c(N)ccnc21.CC(C)n1ccc2c1N=CCC2=O.CC(C)n1cnc2c(=O)[nH]ccc21.CC(C)n1cnc2c(=O)n3ccnc3[nH]c21.CC(C)n1cnc2c1-n1ccnc1CC2=O. The Morgan fingerprint density at radius 2 is 1.18 bits per heavy atom. The number of carbonyl (C=O) groups is 3. The molecule has 5 N–H and O–H groups in total. The van der Waals surface area contributed by atoms with Gasteiger partial charge in [0.25, 0.3) is 16.7 Å². The Labute approximate surface area is 583 Å². The Bertz CT molecular complexity index is 5560. The predicted molar refractivity (Wildman–Crippen MR) is 391 cm³/mol. The normalized spacial score (nSPS) is 13.4. The number of H-pyrrole nitrogens is 2. The van der Waals surface area contributed by atoms with Crippen LogP contribution in [0, 0.1) is 5.82 Å². The van der Waals surface area contributed by atoms with Gasteiger partial charge in [0.1, 0.15) is 40.3 Å². The number of allylic oxidation sites excluding steroid dienone is 1. The first-order chi connectivity index (χ1) is 48.6. The van der Waals surface area contributed by atoms with Crippen LogP contribution in [0.2, 0.25) is 0 Å². The molecule has 102 heavy (non-hydrogen) atoms. The molecule has 0 fully saturated rings. The summed E-state index contributed by atoms with van der Waals surface area (Å²) in [7, 11) is 0. The van der Waals surface area contributed by atoms with Gasteiger partial charge in [0.15, 0.2) is 45.4 Å². The smallest absolute Gasteiger partial charge is 0.287 e. The molecule has 0 saturated carbocycles. The van der Waals surface area contributed by atoms with Crippen molar-refractivity contribution in [1.82, 2.24) is 95.3 Å². The number of nitrogens with two attached hydrogens (primary N) is 1. The summed E-state index contributed by atoms with van der Waals surface area (Å²) in [6.45, 7) is 32.9. The molecule has 0 atom stereocenters. The Hall–Kier alpha value is -12.1. The summed E-state index contributed by atoms with van der Waals surface area (Å²) < 4.78 is 31.9. The van der Waals surface area contributed by atoms with Crippen molar-refractivity contribution in [2.24, 2.45) is 9.98 Å². The molecule has 0 aliphatic carbocycles. The Morgan fingerprint density at radius 1 is 0.559 bits per heavy atom. The van der Waals surface area contributed by atoms with Gasteiger partial charge < -0.3 is 53.0 Å². The quantitative estimate of drug-likeness (QED) is 0.115. The molecule has 13 aromatic heterocycles. The molecule has 17 rings (SSSR count). The standard InChI is InChI=1S/C11H13N5O.C11H12N4O.C10H11FN2O.C10H11N5O.C10H13N3.C10H12N2O.C9H11N3O/c1-6(2)16-5-12-8-9(16)14-11-13-7(3)4-15(11)10(8)17;1-7(2)15-6-13-10-8(16)5-9-12-3-4-14(9)11(10)15;1-6(2)13-5-7(11)9-8(14)3-4-12-10(9)13;1-6(2)15-5-12-7-8(15)13-10-11-3-4-14(10)9(7)16;1-7(2)13-6-4-8-9(11)3-5-12-10(8)13;1-7(2)12-6-4-8-9(13)3-5-11-10(8)12;1-6(2)12-5-11-8-7(12)3-4-10-9(8)13/h5-6H,3-4H2,1-2H3,(H,13,14);3-4,6-7H,5H2,1-2H3;4-6H,3H2,1-2H3;3-6H,1-2H3,(H,11,13);3-7H,1-2H3,(H2,11,12);4-7H,3H2,1-2H3;3-6H,1-2H3,(H,10,13). The molecule has 530 valence electrons. The summed E-state index contributed by atoms with van der Waals surface area (Å²) in [5.74, 6) is 3.56. The third-order valence-electron chi connectivity index (χ3n) is 17.2. The molecule has 0 bridgehead atoms. The maximum atomic E-state index is 13.4. The van der Waals surface area contributed by atoms with Crippen molar-refractivity contribution in [3.63, 3.8) is 0 Å². The van der Waals surface area contributed by atoms with Crippen LogP contribution in [0.3, 0.4) is 0 Å². The zero-order valence-electron chi connectivity index (χ0n) is 59.4. The number of nitrogens with one attached hydrogen (secondary N) is 3. The molecule has 0 aromatic carbocycles. The number of pyridine rings is 2. The van der Waals surface area contributed by atoms with Crippen LogP contribution >= 0.6 is 0 Å². The highest BCUT2D eigenvalue weighted by Crippen LogP contribution is 2.32. The van der Waals surface area contributed by atoms with E-state index in [9.17, 15) is 33.2 Å². The lowest BCUT2D eigenvalue weighted by molar-refractivity contribution is 0.0977. The van der Waals surface area contributed by atoms with Gasteiger partial charge in [0, 0.05) is 140 Å². The summed E-state index contributed by atoms with van der Waals surface area (Å²) in [5.41, 5.74) is 13.0. The van der Waals surface area contributed by atoms with Crippen LogP contribution in [0.5, 0.6) is 0 Å². The van der Waals surface area contributed by atoms with Crippen LogP contribution in [0.4, 0.5) is 27.7 Å². The van der Waals surface area contributed by atoms with Crippen molar-refractivity contribution in [2.45, 2.75) is 165 Å². The number of ketones is 3. The summed E-state index contributed by atoms with van der Waals surface area (Å²) in [6, 6.07) is 9.51. The minimum Gasteiger partial charge on any atom is -0.398 e. The van der Waals surface area contributed by atoms with E-state index in [1.54, 1.807) is 71.6 Å². The Kier molecular flexibility index (Phi) is 20.5. The van der Waals surface area contributed by atoms with E-state index in [1.165, 1.54) is 16.8 Å². The maximum Gasteiger partial charge on any atom is 0.287 e. The van der Waals surface area contributed by atoms with Gasteiger partial charge in [-0.25, -0.2) is 53.7 Å². The zero-order chi connectivity index (χ0) is 73.3. The van der Waals surface area contributed by atoms with E-state index in [2.05, 4.69) is 132 Å². The number of Topliss-reactive ketones (excluding diaryl/α,β-unsaturated/α-hetero) is 3. The first kappa shape index (κ1) is 71.2. The van der Waals surface area contributed by atoms with E-state index in [0.717, 1.165) is 56.6 Å². The molecule has 13 aromatic rings. The lowest BCUT2D eigenvalue weighted by Gasteiger charge is -2.18. The number of nitrogen functional groups attached to an aromatic ring is 1. The van der Waals surface area contributed by atoms with Gasteiger partial charge in [-0.2, -0.15) is 4.98 Å². The van der Waals surface area contributed by atoms with Crippen molar-refractivity contribution in [2.75, 3.05) is 11.1 Å². The Balaban J connectivity index is 0.000000120. The maximum absolute atomic E-state index is 13.4. The van der Waals surface area contributed by atoms with E-state index in [-0.39, 0.29) is 70.2 Å². The first-order valence-electron chi connectivity index (χ1n) is 33.6. The van der Waals surface area contributed by atoms with Crippen molar-refractivity contribution < 1.29 is 18.8 Å². The lowest BCUT2D eigenvalue weighted by Crippen LogP contribution is -2.21. The molecule has 0 spiro atoms. The highest BCUT2D eigenvalue weighted by Gasteiger charge is 2.29. The number of aliphatic imine (C=N–C) groups is 2. The minimum atomic E-state index is -0.462. The summed E-state index contributed by atoms with van der Waals surface area (Å²) in [4.78, 5) is 118. The van der Waals surface area contributed by atoms with Crippen LogP contribution in [-0.4, -0.2) is 125 Å². The third-order valence-corrected chi connectivity index (χ3v) is 17.2. The fourth-order valence-electron chi connectivity index (χ4n) is 11.9. The van der Waals surface area contributed by atoms with Crippen LogP contribution in [0.25, 0.3) is 56.0 Å². The van der Waals surface area contributed by atoms with Crippen molar-refractivity contribution in [3.8, 4) is 5.82 Å². The monoisotopic (exact) mass is 1390 g/mol. The van der Waals surface area contributed by atoms with Crippen molar-refractivity contribution >= 4 is 103 Å². The van der Waals surface area contributed by atoms with Crippen molar-refractivity contribution in [3.05, 3.63) is 177 Å². The number of aromatic nitrogens is 20. The van der Waals surface area contributed by atoms with Gasteiger partial charge in [-0.3, -0.25) is 37.9 Å². The van der Waals surface area contributed by atoms with Gasteiger partial charge in [-0.15, -0.1) is 0 Å². The number of anilines is 2. The van der Waals surface area contributed by atoms with Gasteiger partial charge in [0.2, 0.25) is 11.7 Å². The molecule has 30 nitrogen and oxygen atoms in total. The molecule has 4 aliphatic heterocycles. The van der Waals surface area contributed by atoms with Crippen molar-refractivity contribution in [1.29, 1.82) is 0 Å². The molecular weight excluding hydrogens is 1300 g/mol. The molecule has 0 amide bonds. The fourth-order valence-corrected chi connectivity index (χ4v) is 11.9. The van der Waals surface area contributed by atoms with Crippen LogP contribution in [0.15, 0.2) is 142 Å². The predicted octanol–water partition coefficient (Wildman–Crippen LogP) is 11.8. The number of halogens is 1. The molecule has 17 heterocycles. The largest absolute Gasteiger partial charge is 0.398 e. The summed E-state index contributed by atoms with van der Waals surface area (Å²) in [6.07, 6.45) is 26.5. The highest BCUT2D eigenvalue weighted by molar-refractivity contribution is 6.10. The van der Waals surface area contributed by atoms with Gasteiger partial charge >= 0.3 is 0 Å². The molecule has 31 heteroatoms. The molecule has 0 saturated heterocycles. The molecule has 4 aliphatic rings. The summed E-state index contributed by atoms with van der Waals surface area (Å²) in [5, 5.41) is 4.04. The van der Waals surface area contributed by atoms with E-state index in [0.29, 0.717) is 82.9 Å². The first-order valence-corrected chi connectivity index (χ1v) is 33.6. The molecule has 0 unspecified atom stereocenters. The van der Waals surface area contributed by atoms with Gasteiger partial charge in [-0.05, 0) is 121 Å². The number of nitrogens with zero attached hydrogens (tertiary/aromatic N) is 20. The number of imidazole rings is 6. The molecule has 0 radical (unpaired) electrons. The Morgan fingerprint density at radius 3 is 1.87 bits per heavy atom. The topological polar surface area (TPSA) is 349 Å². The second kappa shape index (κ2) is 29.4. The average Bonchev–Trinajstić information content (AvgIpc) is 1.64. The van der Waals surface area contributed by atoms with E-state index in [4.69, 9.17) is 5.73 Å². The van der Waals surface area contributed by atoms with E-state index >= 15 is 0 Å². The van der Waals surface area contributed by atoms with Crippen LogP contribution < -0.4 is 27.7 Å². The second-order valence-electron chi connectivity index (χ2n) is 26.5. The van der Waals surface area contributed by atoms with Crippen LogP contribution in [0.1, 0.15) is 189 Å². The summed E-state index contributed by atoms with van der Waals surface area (Å²) >= 11 is 0. The number of rotatable bonds is 7. The zero-order valence-corrected chi connectivity index (χ0v) is 59.4. The van der Waals surface area contributed by atoms with Gasteiger partial charge in [0.05, 0.1) is 54.9 Å². The number of aromatic amines is 2. The average molecular weight is 1390 g/mol. The van der Waals surface area contributed by atoms with Gasteiger partial charge in [-0.1, -0.05) is 6.58 Å². The number of hydrogen-bond acceptors (Lipinski definition) is 18. The molecular formula is C71H83FN24O6. The second-order valence-corrected chi connectivity index (χ2v) is 26.5. The fraction of sp³-hybridized carbons (Fsp3) is 0.352. The van der Waals surface area contributed by atoms with E-state index < -0.39 is 5.82 Å². The highest BCUT2D eigenvalue weighted by atomic mass is 19.1. The number of hydrogen-bond donors (Lipinski definition) is 4. The lowest BCUT2D eigenvalue weighted by atomic mass is 10.1. The number of fused-ring (bicyclic) bond motifs is 11. The third kappa shape index (κ3) is 14.0. The van der Waals surface area contributed by atoms with Crippen LogP contribution in [-0.2, 0) is 13.0 Å². The minimum absolute atomic E-state index is 0.0492. The van der Waals surface area contributed by atoms with E-state index in [1.807, 2.05) is 112 Å².